The number of ketones is 1. The van der Waals surface area contributed by atoms with Crippen LogP contribution in [0, 0.1) is 6.92 Å². The standard InChI is InChI=1S/C16H14BrClO2/c1-10-8-13(17)6-7-15(10)20-11(2)16(19)12-4-3-5-14(18)9-12/h3-9,11H,1-2H3. The van der Waals surface area contributed by atoms with Crippen LogP contribution in [0.15, 0.2) is 46.9 Å². The molecule has 0 aliphatic carbocycles. The van der Waals surface area contributed by atoms with Crippen LogP contribution in [0.25, 0.3) is 0 Å². The predicted molar refractivity (Wildman–Crippen MR) is 84.8 cm³/mol. The number of hydrogen-bond donors (Lipinski definition) is 0. The van der Waals surface area contributed by atoms with Crippen LogP contribution in [-0.4, -0.2) is 11.9 Å². The average molecular weight is 354 g/mol. The lowest BCUT2D eigenvalue weighted by molar-refractivity contribution is 0.0817. The van der Waals surface area contributed by atoms with Crippen molar-refractivity contribution < 1.29 is 9.53 Å². The molecule has 0 bridgehead atoms. The van der Waals surface area contributed by atoms with Gasteiger partial charge in [0.05, 0.1) is 0 Å². The lowest BCUT2D eigenvalue weighted by Gasteiger charge is -2.15. The Morgan fingerprint density at radius 3 is 2.65 bits per heavy atom. The monoisotopic (exact) mass is 352 g/mol. The first-order valence-corrected chi connectivity index (χ1v) is 7.37. The minimum atomic E-state index is -0.562. The quantitative estimate of drug-likeness (QED) is 0.718. The van der Waals surface area contributed by atoms with Crippen LogP contribution in [0.4, 0.5) is 0 Å². The fraction of sp³-hybridized carbons (Fsp3) is 0.188. The molecule has 2 aromatic carbocycles. The van der Waals surface area contributed by atoms with E-state index in [9.17, 15) is 4.79 Å². The van der Waals surface area contributed by atoms with Gasteiger partial charge in [-0.2, -0.15) is 0 Å². The first-order chi connectivity index (χ1) is 9.47. The van der Waals surface area contributed by atoms with Gasteiger partial charge in [-0.05, 0) is 49.7 Å². The summed E-state index contributed by atoms with van der Waals surface area (Å²) in [6.07, 6.45) is -0.562. The number of hydrogen-bond acceptors (Lipinski definition) is 2. The Hall–Kier alpha value is -1.32. The highest BCUT2D eigenvalue weighted by Gasteiger charge is 2.17. The zero-order chi connectivity index (χ0) is 14.7. The molecular formula is C16H14BrClO2. The number of Topliss-reactive ketones (excluding diaryl/α,β-unsaturated/α-hetero) is 1. The van der Waals surface area contributed by atoms with E-state index in [1.807, 2.05) is 25.1 Å². The second kappa shape index (κ2) is 6.42. The van der Waals surface area contributed by atoms with E-state index in [2.05, 4.69) is 15.9 Å². The Morgan fingerprint density at radius 1 is 1.25 bits per heavy atom. The summed E-state index contributed by atoms with van der Waals surface area (Å²) in [7, 11) is 0. The molecule has 0 heterocycles. The molecule has 0 aliphatic heterocycles. The van der Waals surface area contributed by atoms with Crippen molar-refractivity contribution in [3.8, 4) is 5.75 Å². The van der Waals surface area contributed by atoms with Crippen molar-refractivity contribution in [2.75, 3.05) is 0 Å². The summed E-state index contributed by atoms with van der Waals surface area (Å²) in [5.74, 6) is 0.617. The number of ether oxygens (including phenoxy) is 1. The van der Waals surface area contributed by atoms with Crippen molar-refractivity contribution in [3.63, 3.8) is 0 Å². The molecule has 1 unspecified atom stereocenters. The van der Waals surface area contributed by atoms with Gasteiger partial charge in [-0.1, -0.05) is 39.7 Å². The Bertz CT molecular complexity index is 640. The van der Waals surface area contributed by atoms with Crippen molar-refractivity contribution in [3.05, 3.63) is 63.1 Å². The molecule has 0 fully saturated rings. The fourth-order valence-corrected chi connectivity index (χ4v) is 2.53. The maximum absolute atomic E-state index is 12.3. The van der Waals surface area contributed by atoms with Gasteiger partial charge in [0.25, 0.3) is 0 Å². The summed E-state index contributed by atoms with van der Waals surface area (Å²) < 4.78 is 6.73. The van der Waals surface area contributed by atoms with E-state index in [0.29, 0.717) is 16.3 Å². The highest BCUT2D eigenvalue weighted by molar-refractivity contribution is 9.10. The Balaban J connectivity index is 2.15. The molecule has 0 saturated carbocycles. The van der Waals surface area contributed by atoms with E-state index >= 15 is 0 Å². The molecular weight excluding hydrogens is 340 g/mol. The fourth-order valence-electron chi connectivity index (χ4n) is 1.87. The van der Waals surface area contributed by atoms with E-state index in [4.69, 9.17) is 16.3 Å². The van der Waals surface area contributed by atoms with Crippen molar-refractivity contribution in [1.82, 2.24) is 0 Å². The first-order valence-electron chi connectivity index (χ1n) is 6.20. The number of benzene rings is 2. The predicted octanol–water partition coefficient (Wildman–Crippen LogP) is 5.06. The molecule has 2 nitrogen and oxygen atoms in total. The SMILES string of the molecule is Cc1cc(Br)ccc1OC(C)C(=O)c1cccc(Cl)c1. The van der Waals surface area contributed by atoms with E-state index in [-0.39, 0.29) is 5.78 Å². The van der Waals surface area contributed by atoms with Gasteiger partial charge in [0.1, 0.15) is 5.75 Å². The molecule has 0 aromatic heterocycles. The van der Waals surface area contributed by atoms with Crippen LogP contribution in [0.3, 0.4) is 0 Å². The summed E-state index contributed by atoms with van der Waals surface area (Å²) >= 11 is 9.30. The number of aryl methyl sites for hydroxylation is 1. The highest BCUT2D eigenvalue weighted by Crippen LogP contribution is 2.24. The topological polar surface area (TPSA) is 26.3 Å². The summed E-state index contributed by atoms with van der Waals surface area (Å²) in [6.45, 7) is 3.68. The van der Waals surface area contributed by atoms with Crippen LogP contribution in [0.1, 0.15) is 22.8 Å². The zero-order valence-electron chi connectivity index (χ0n) is 11.2. The normalized spacial score (nSPS) is 12.0. The molecule has 0 amide bonds. The van der Waals surface area contributed by atoms with Crippen LogP contribution in [0.5, 0.6) is 5.75 Å². The molecule has 0 aliphatic rings. The number of halogens is 2. The van der Waals surface area contributed by atoms with Gasteiger partial charge in [-0.15, -0.1) is 0 Å². The van der Waals surface area contributed by atoms with Crippen molar-refractivity contribution in [1.29, 1.82) is 0 Å². The maximum Gasteiger partial charge on any atom is 0.203 e. The van der Waals surface area contributed by atoms with E-state index in [1.54, 1.807) is 31.2 Å². The summed E-state index contributed by atoms with van der Waals surface area (Å²) in [6, 6.07) is 12.6. The molecule has 4 heteroatoms. The Labute approximate surface area is 131 Å². The van der Waals surface area contributed by atoms with Crippen LogP contribution in [0.2, 0.25) is 5.02 Å². The van der Waals surface area contributed by atoms with E-state index in [0.717, 1.165) is 10.0 Å². The van der Waals surface area contributed by atoms with Gasteiger partial charge in [-0.25, -0.2) is 0 Å². The van der Waals surface area contributed by atoms with Crippen LogP contribution in [-0.2, 0) is 0 Å². The van der Waals surface area contributed by atoms with Crippen molar-refractivity contribution in [2.24, 2.45) is 0 Å². The zero-order valence-corrected chi connectivity index (χ0v) is 13.5. The summed E-state index contributed by atoms with van der Waals surface area (Å²) in [5, 5.41) is 0.544. The Morgan fingerprint density at radius 2 is 2.00 bits per heavy atom. The van der Waals surface area contributed by atoms with Crippen molar-refractivity contribution >= 4 is 33.3 Å². The van der Waals surface area contributed by atoms with Gasteiger partial charge in [0, 0.05) is 15.1 Å². The minimum Gasteiger partial charge on any atom is -0.482 e. The number of carbonyl (C=O) groups excluding carboxylic acids is 1. The average Bonchev–Trinajstić information content (AvgIpc) is 2.41. The molecule has 0 N–H and O–H groups in total. The Kier molecular flexibility index (Phi) is 4.84. The highest BCUT2D eigenvalue weighted by atomic mass is 79.9. The lowest BCUT2D eigenvalue weighted by Crippen LogP contribution is -2.24. The smallest absolute Gasteiger partial charge is 0.203 e. The largest absolute Gasteiger partial charge is 0.482 e. The second-order valence-corrected chi connectivity index (χ2v) is 5.90. The number of carbonyl (C=O) groups is 1. The van der Waals surface area contributed by atoms with E-state index in [1.165, 1.54) is 0 Å². The van der Waals surface area contributed by atoms with Gasteiger partial charge >= 0.3 is 0 Å². The maximum atomic E-state index is 12.3. The van der Waals surface area contributed by atoms with Gasteiger partial charge in [0.2, 0.25) is 5.78 Å². The molecule has 2 aromatic rings. The molecule has 0 saturated heterocycles. The van der Waals surface area contributed by atoms with Crippen LogP contribution >= 0.6 is 27.5 Å². The molecule has 0 spiro atoms. The molecule has 1 atom stereocenters. The van der Waals surface area contributed by atoms with Gasteiger partial charge < -0.3 is 4.74 Å². The minimum absolute atomic E-state index is 0.0881. The van der Waals surface area contributed by atoms with Gasteiger partial charge in [0.15, 0.2) is 6.10 Å². The second-order valence-electron chi connectivity index (χ2n) is 4.54. The van der Waals surface area contributed by atoms with E-state index < -0.39 is 6.10 Å². The number of rotatable bonds is 4. The third kappa shape index (κ3) is 3.62. The third-order valence-electron chi connectivity index (χ3n) is 2.92. The van der Waals surface area contributed by atoms with Crippen molar-refractivity contribution in [2.45, 2.75) is 20.0 Å². The molecule has 20 heavy (non-hydrogen) atoms. The molecule has 2 rings (SSSR count). The molecule has 104 valence electrons. The summed E-state index contributed by atoms with van der Waals surface area (Å²) in [5.41, 5.74) is 1.53. The van der Waals surface area contributed by atoms with Crippen LogP contribution < -0.4 is 4.74 Å². The lowest BCUT2D eigenvalue weighted by atomic mass is 10.1. The first kappa shape index (κ1) is 15.1. The third-order valence-corrected chi connectivity index (χ3v) is 3.65. The summed E-state index contributed by atoms with van der Waals surface area (Å²) in [4.78, 5) is 12.3. The van der Waals surface area contributed by atoms with Gasteiger partial charge in [-0.3, -0.25) is 4.79 Å². The molecule has 0 radical (unpaired) electrons.